The second-order valence-corrected chi connectivity index (χ2v) is 8.21. The lowest BCUT2D eigenvalue weighted by atomic mass is 10.2. The van der Waals surface area contributed by atoms with Crippen LogP contribution in [0.15, 0.2) is 18.2 Å². The molecule has 1 aliphatic rings. The van der Waals surface area contributed by atoms with Crippen LogP contribution in [0.2, 0.25) is 0 Å². The van der Waals surface area contributed by atoms with Crippen molar-refractivity contribution in [1.82, 2.24) is 4.90 Å². The van der Waals surface area contributed by atoms with Gasteiger partial charge in [0.1, 0.15) is 11.5 Å². The van der Waals surface area contributed by atoms with Gasteiger partial charge in [-0.2, -0.15) is 0 Å². The minimum atomic E-state index is -3.00. The summed E-state index contributed by atoms with van der Waals surface area (Å²) in [5.74, 6) is 1.54. The molecule has 0 aromatic heterocycles. The first-order chi connectivity index (χ1) is 11.9. The van der Waals surface area contributed by atoms with Crippen molar-refractivity contribution in [3.05, 3.63) is 18.2 Å². The van der Waals surface area contributed by atoms with Crippen molar-refractivity contribution in [2.45, 2.75) is 25.8 Å². The van der Waals surface area contributed by atoms with Crippen molar-refractivity contribution in [1.29, 1.82) is 0 Å². The Balaban J connectivity index is 1.91. The highest BCUT2D eigenvalue weighted by Gasteiger charge is 2.33. The molecule has 2 rings (SSSR count). The fourth-order valence-corrected chi connectivity index (χ4v) is 4.78. The summed E-state index contributed by atoms with van der Waals surface area (Å²) in [5.41, 5.74) is 0.780. The van der Waals surface area contributed by atoms with Gasteiger partial charge in [0, 0.05) is 31.6 Å². The van der Waals surface area contributed by atoms with Crippen LogP contribution in [0.1, 0.15) is 19.8 Å². The number of ether oxygens (including phenoxy) is 2. The Morgan fingerprint density at radius 2 is 2.08 bits per heavy atom. The van der Waals surface area contributed by atoms with E-state index in [2.05, 4.69) is 5.32 Å². The van der Waals surface area contributed by atoms with Crippen LogP contribution in [0.3, 0.4) is 0 Å². The Labute approximate surface area is 149 Å². The fraction of sp³-hybridized carbons (Fsp3) is 0.588. The molecule has 1 aromatic rings. The molecule has 0 aliphatic carbocycles. The molecule has 1 unspecified atom stereocenters. The summed E-state index contributed by atoms with van der Waals surface area (Å²) in [6.45, 7) is 2.84. The minimum absolute atomic E-state index is 0.0374. The van der Waals surface area contributed by atoms with E-state index < -0.39 is 9.84 Å². The van der Waals surface area contributed by atoms with Gasteiger partial charge < -0.3 is 19.7 Å². The van der Waals surface area contributed by atoms with E-state index in [1.807, 2.05) is 19.1 Å². The van der Waals surface area contributed by atoms with Gasteiger partial charge in [-0.15, -0.1) is 0 Å². The van der Waals surface area contributed by atoms with Crippen LogP contribution in [0.4, 0.5) is 5.69 Å². The molecule has 0 saturated carbocycles. The molecule has 1 aliphatic heterocycles. The number of nitrogens with zero attached hydrogens (tertiary/aromatic N) is 1. The van der Waals surface area contributed by atoms with Gasteiger partial charge in [0.05, 0.1) is 31.4 Å². The van der Waals surface area contributed by atoms with Crippen LogP contribution in [0.25, 0.3) is 0 Å². The third-order valence-corrected chi connectivity index (χ3v) is 6.12. The summed E-state index contributed by atoms with van der Waals surface area (Å²) >= 11 is 0. The van der Waals surface area contributed by atoms with E-state index in [-0.39, 0.29) is 23.5 Å². The Hall–Kier alpha value is -1.96. The maximum atomic E-state index is 12.5. The number of hydrogen-bond acceptors (Lipinski definition) is 6. The number of methoxy groups -OCH3 is 2. The maximum Gasteiger partial charge on any atom is 0.224 e. The molecule has 0 bridgehead atoms. The van der Waals surface area contributed by atoms with Crippen LogP contribution in [-0.2, 0) is 14.6 Å². The molecular weight excluding hydrogens is 344 g/mol. The number of benzene rings is 1. The Kier molecular flexibility index (Phi) is 6.52. The molecule has 0 radical (unpaired) electrons. The number of hydrogen-bond donors (Lipinski definition) is 1. The fourth-order valence-electron chi connectivity index (χ4n) is 3.05. The highest BCUT2D eigenvalue weighted by molar-refractivity contribution is 7.91. The Morgan fingerprint density at radius 1 is 1.32 bits per heavy atom. The topological polar surface area (TPSA) is 84.9 Å². The predicted octanol–water partition coefficient (Wildman–Crippen LogP) is 1.54. The molecule has 0 spiro atoms. The highest BCUT2D eigenvalue weighted by atomic mass is 32.2. The van der Waals surface area contributed by atoms with E-state index in [4.69, 9.17) is 9.47 Å². The van der Waals surface area contributed by atoms with Gasteiger partial charge in [-0.1, -0.05) is 0 Å². The van der Waals surface area contributed by atoms with Crippen molar-refractivity contribution in [2.75, 3.05) is 44.1 Å². The second kappa shape index (κ2) is 8.42. The first-order valence-electron chi connectivity index (χ1n) is 8.36. The monoisotopic (exact) mass is 370 g/mol. The van der Waals surface area contributed by atoms with Gasteiger partial charge in [-0.05, 0) is 25.5 Å². The lowest BCUT2D eigenvalue weighted by molar-refractivity contribution is -0.132. The van der Waals surface area contributed by atoms with Gasteiger partial charge in [0.2, 0.25) is 5.91 Å². The molecule has 25 heavy (non-hydrogen) atoms. The summed E-state index contributed by atoms with van der Waals surface area (Å²) in [5, 5.41) is 3.19. The number of amides is 1. The average Bonchev–Trinajstić information content (AvgIpc) is 2.95. The normalized spacial score (nSPS) is 18.6. The van der Waals surface area contributed by atoms with Crippen molar-refractivity contribution in [3.8, 4) is 11.5 Å². The lowest BCUT2D eigenvalue weighted by Crippen LogP contribution is -2.41. The summed E-state index contributed by atoms with van der Waals surface area (Å²) in [6, 6.07) is 5.22. The molecule has 1 atom stereocenters. The molecule has 1 saturated heterocycles. The average molecular weight is 370 g/mol. The summed E-state index contributed by atoms with van der Waals surface area (Å²) < 4.78 is 33.7. The van der Waals surface area contributed by atoms with Gasteiger partial charge >= 0.3 is 0 Å². The molecule has 1 amide bonds. The molecule has 7 nitrogen and oxygen atoms in total. The van der Waals surface area contributed by atoms with E-state index in [0.29, 0.717) is 37.4 Å². The SMILES string of the molecule is CCN(C(=O)CCNc1ccc(OC)cc1OC)C1CCS(=O)(=O)C1. The number of rotatable bonds is 8. The van der Waals surface area contributed by atoms with E-state index in [0.717, 1.165) is 5.69 Å². The lowest BCUT2D eigenvalue weighted by Gasteiger charge is -2.27. The zero-order valence-electron chi connectivity index (χ0n) is 14.9. The molecule has 1 heterocycles. The Bertz CT molecular complexity index is 705. The number of carbonyl (C=O) groups is 1. The van der Waals surface area contributed by atoms with Gasteiger partial charge in [0.15, 0.2) is 9.84 Å². The summed E-state index contributed by atoms with van der Waals surface area (Å²) in [6.07, 6.45) is 0.821. The largest absolute Gasteiger partial charge is 0.497 e. The number of nitrogens with one attached hydrogen (secondary N) is 1. The maximum absolute atomic E-state index is 12.5. The van der Waals surface area contributed by atoms with Crippen LogP contribution in [0, 0.1) is 0 Å². The van der Waals surface area contributed by atoms with Crippen molar-refractivity contribution < 1.29 is 22.7 Å². The molecule has 140 valence electrons. The first-order valence-corrected chi connectivity index (χ1v) is 10.2. The number of anilines is 1. The first kappa shape index (κ1) is 19.4. The van der Waals surface area contributed by atoms with Crippen LogP contribution >= 0.6 is 0 Å². The van der Waals surface area contributed by atoms with Gasteiger partial charge in [-0.25, -0.2) is 8.42 Å². The third kappa shape index (κ3) is 5.01. The van der Waals surface area contributed by atoms with Crippen LogP contribution in [-0.4, -0.2) is 64.1 Å². The van der Waals surface area contributed by atoms with E-state index >= 15 is 0 Å². The second-order valence-electron chi connectivity index (χ2n) is 5.98. The Morgan fingerprint density at radius 3 is 2.64 bits per heavy atom. The van der Waals surface area contributed by atoms with E-state index in [9.17, 15) is 13.2 Å². The molecule has 8 heteroatoms. The zero-order chi connectivity index (χ0) is 18.4. The third-order valence-electron chi connectivity index (χ3n) is 4.37. The van der Waals surface area contributed by atoms with Crippen LogP contribution < -0.4 is 14.8 Å². The van der Waals surface area contributed by atoms with Crippen molar-refractivity contribution >= 4 is 21.4 Å². The minimum Gasteiger partial charge on any atom is -0.497 e. The van der Waals surface area contributed by atoms with Crippen molar-refractivity contribution in [2.24, 2.45) is 0 Å². The van der Waals surface area contributed by atoms with Gasteiger partial charge in [-0.3, -0.25) is 4.79 Å². The molecule has 1 aromatic carbocycles. The van der Waals surface area contributed by atoms with Crippen molar-refractivity contribution in [3.63, 3.8) is 0 Å². The number of sulfone groups is 1. The van der Waals surface area contributed by atoms with E-state index in [1.54, 1.807) is 25.2 Å². The molecular formula is C17H26N2O5S. The highest BCUT2D eigenvalue weighted by Crippen LogP contribution is 2.29. The zero-order valence-corrected chi connectivity index (χ0v) is 15.8. The summed E-state index contributed by atoms with van der Waals surface area (Å²) in [4.78, 5) is 14.1. The smallest absolute Gasteiger partial charge is 0.224 e. The molecule has 1 fully saturated rings. The number of carbonyl (C=O) groups excluding carboxylic acids is 1. The predicted molar refractivity (Wildman–Crippen MR) is 97.1 cm³/mol. The summed E-state index contributed by atoms with van der Waals surface area (Å²) in [7, 11) is 0.159. The quantitative estimate of drug-likeness (QED) is 0.747. The van der Waals surface area contributed by atoms with Gasteiger partial charge in [0.25, 0.3) is 0 Å². The standard InChI is InChI=1S/C17H26N2O5S/c1-4-19(13-8-10-25(21,22)12-13)17(20)7-9-18-15-6-5-14(23-2)11-16(15)24-3/h5-6,11,13,18H,4,7-10,12H2,1-3H3. The molecule has 1 N–H and O–H groups in total. The van der Waals surface area contributed by atoms with Crippen LogP contribution in [0.5, 0.6) is 11.5 Å². The van der Waals surface area contributed by atoms with E-state index in [1.165, 1.54) is 0 Å².